The zero-order chi connectivity index (χ0) is 13.6. The van der Waals surface area contributed by atoms with Crippen LogP contribution in [0, 0.1) is 11.3 Å². The fraction of sp³-hybridized carbons (Fsp3) is 1.00. The van der Waals surface area contributed by atoms with Crippen LogP contribution in [0.3, 0.4) is 0 Å². The van der Waals surface area contributed by atoms with Crippen molar-refractivity contribution in [3.05, 3.63) is 0 Å². The molecule has 18 heavy (non-hydrogen) atoms. The minimum absolute atomic E-state index is 0.262. The van der Waals surface area contributed by atoms with E-state index in [4.69, 9.17) is 0 Å². The van der Waals surface area contributed by atoms with Crippen molar-refractivity contribution in [1.82, 2.24) is 5.32 Å². The van der Waals surface area contributed by atoms with Gasteiger partial charge in [-0.3, -0.25) is 0 Å². The molecule has 0 bridgehead atoms. The van der Waals surface area contributed by atoms with Crippen molar-refractivity contribution in [3.8, 4) is 0 Å². The SMILES string of the molecule is CCCC(C)CC1(CNC(C)(C)C)CCCCC1. The minimum atomic E-state index is 0.262. The van der Waals surface area contributed by atoms with Crippen molar-refractivity contribution >= 4 is 0 Å². The average Bonchev–Trinajstić information content (AvgIpc) is 2.27. The molecule has 1 aliphatic rings. The lowest BCUT2D eigenvalue weighted by atomic mass is 9.68. The Bertz CT molecular complexity index is 220. The summed E-state index contributed by atoms with van der Waals surface area (Å²) in [5, 5.41) is 3.78. The molecule has 1 nitrogen and oxygen atoms in total. The van der Waals surface area contributed by atoms with E-state index >= 15 is 0 Å². The number of nitrogens with one attached hydrogen (secondary N) is 1. The molecule has 0 spiro atoms. The van der Waals surface area contributed by atoms with Crippen LogP contribution in [-0.2, 0) is 0 Å². The quantitative estimate of drug-likeness (QED) is 0.690. The number of hydrogen-bond donors (Lipinski definition) is 1. The predicted octanol–water partition coefficient (Wildman–Crippen LogP) is 5.15. The third kappa shape index (κ3) is 5.73. The molecule has 1 aliphatic carbocycles. The molecule has 1 N–H and O–H groups in total. The second kappa shape index (κ2) is 6.93. The zero-order valence-corrected chi connectivity index (χ0v) is 13.4. The molecule has 0 aliphatic heterocycles. The molecule has 0 heterocycles. The summed E-state index contributed by atoms with van der Waals surface area (Å²) >= 11 is 0. The summed E-state index contributed by atoms with van der Waals surface area (Å²) in [6.45, 7) is 12.9. The van der Waals surface area contributed by atoms with Gasteiger partial charge in [0.2, 0.25) is 0 Å². The highest BCUT2D eigenvalue weighted by Crippen LogP contribution is 2.42. The summed E-state index contributed by atoms with van der Waals surface area (Å²) in [5.41, 5.74) is 0.860. The van der Waals surface area contributed by atoms with E-state index in [1.165, 1.54) is 57.9 Å². The van der Waals surface area contributed by atoms with Crippen molar-refractivity contribution < 1.29 is 0 Å². The van der Waals surface area contributed by atoms with Gasteiger partial charge in [-0.1, -0.05) is 46.0 Å². The van der Waals surface area contributed by atoms with Crippen molar-refractivity contribution in [2.24, 2.45) is 11.3 Å². The number of rotatable bonds is 6. The van der Waals surface area contributed by atoms with Crippen LogP contribution in [0.4, 0.5) is 0 Å². The Kier molecular flexibility index (Phi) is 6.17. The van der Waals surface area contributed by atoms with Crippen molar-refractivity contribution in [3.63, 3.8) is 0 Å². The van der Waals surface area contributed by atoms with E-state index in [1.807, 2.05) is 0 Å². The van der Waals surface area contributed by atoms with Gasteiger partial charge in [-0.05, 0) is 51.4 Å². The predicted molar refractivity (Wildman–Crippen MR) is 82.0 cm³/mol. The molecule has 0 radical (unpaired) electrons. The van der Waals surface area contributed by atoms with Crippen LogP contribution < -0.4 is 5.32 Å². The van der Waals surface area contributed by atoms with Gasteiger partial charge >= 0.3 is 0 Å². The lowest BCUT2D eigenvalue weighted by Gasteiger charge is -2.41. The van der Waals surface area contributed by atoms with E-state index in [9.17, 15) is 0 Å². The van der Waals surface area contributed by atoms with Crippen LogP contribution in [0.2, 0.25) is 0 Å². The summed E-state index contributed by atoms with van der Waals surface area (Å²) in [4.78, 5) is 0. The normalized spacial score (nSPS) is 21.8. The van der Waals surface area contributed by atoms with Crippen LogP contribution in [0.1, 0.15) is 86.0 Å². The zero-order valence-electron chi connectivity index (χ0n) is 13.4. The van der Waals surface area contributed by atoms with Gasteiger partial charge in [0, 0.05) is 12.1 Å². The Labute approximate surface area is 115 Å². The standard InChI is InChI=1S/C17H35N/c1-6-10-15(2)13-17(11-8-7-9-12-17)14-18-16(3,4)5/h15,18H,6-14H2,1-5H3. The summed E-state index contributed by atoms with van der Waals surface area (Å²) in [5.74, 6) is 0.898. The highest BCUT2D eigenvalue weighted by Gasteiger charge is 2.33. The molecule has 108 valence electrons. The second-order valence-electron chi connectivity index (χ2n) is 7.76. The largest absolute Gasteiger partial charge is 0.312 e. The van der Waals surface area contributed by atoms with Gasteiger partial charge in [0.05, 0.1) is 0 Å². The smallest absolute Gasteiger partial charge is 0.00967 e. The molecule has 0 saturated heterocycles. The van der Waals surface area contributed by atoms with Gasteiger partial charge in [-0.15, -0.1) is 0 Å². The first-order chi connectivity index (χ1) is 8.37. The van der Waals surface area contributed by atoms with Crippen molar-refractivity contribution in [2.75, 3.05) is 6.54 Å². The second-order valence-corrected chi connectivity index (χ2v) is 7.76. The van der Waals surface area contributed by atoms with E-state index in [0.29, 0.717) is 5.41 Å². The summed E-state index contributed by atoms with van der Waals surface area (Å²) in [7, 11) is 0. The van der Waals surface area contributed by atoms with Gasteiger partial charge in [-0.2, -0.15) is 0 Å². The molecule has 0 aromatic heterocycles. The Morgan fingerprint density at radius 1 is 1.11 bits per heavy atom. The first-order valence-electron chi connectivity index (χ1n) is 8.12. The van der Waals surface area contributed by atoms with Gasteiger partial charge in [-0.25, -0.2) is 0 Å². The maximum atomic E-state index is 3.78. The monoisotopic (exact) mass is 253 g/mol. The molecule has 0 aromatic carbocycles. The maximum absolute atomic E-state index is 3.78. The van der Waals surface area contributed by atoms with Crippen LogP contribution >= 0.6 is 0 Å². The molecular formula is C17H35N. The Hall–Kier alpha value is -0.0400. The lowest BCUT2D eigenvalue weighted by Crippen LogP contribution is -2.45. The first kappa shape index (κ1) is 16.0. The maximum Gasteiger partial charge on any atom is 0.00967 e. The van der Waals surface area contributed by atoms with Gasteiger partial charge in [0.25, 0.3) is 0 Å². The summed E-state index contributed by atoms with van der Waals surface area (Å²) < 4.78 is 0. The van der Waals surface area contributed by atoms with Gasteiger partial charge in [0.1, 0.15) is 0 Å². The van der Waals surface area contributed by atoms with Crippen LogP contribution in [-0.4, -0.2) is 12.1 Å². The highest BCUT2D eigenvalue weighted by atomic mass is 15.0. The molecule has 0 aromatic rings. The van der Waals surface area contributed by atoms with Crippen LogP contribution in [0.15, 0.2) is 0 Å². The van der Waals surface area contributed by atoms with E-state index in [0.717, 1.165) is 5.92 Å². The van der Waals surface area contributed by atoms with E-state index in [-0.39, 0.29) is 5.54 Å². The fourth-order valence-electron chi connectivity index (χ4n) is 3.54. The summed E-state index contributed by atoms with van der Waals surface area (Å²) in [6, 6.07) is 0. The van der Waals surface area contributed by atoms with E-state index < -0.39 is 0 Å². The molecule has 1 heteroatoms. The van der Waals surface area contributed by atoms with Crippen molar-refractivity contribution in [2.45, 2.75) is 91.5 Å². The average molecular weight is 253 g/mol. The third-order valence-corrected chi connectivity index (χ3v) is 4.47. The van der Waals surface area contributed by atoms with E-state index in [1.54, 1.807) is 0 Å². The van der Waals surface area contributed by atoms with Crippen LogP contribution in [0.5, 0.6) is 0 Å². The third-order valence-electron chi connectivity index (χ3n) is 4.47. The number of hydrogen-bond acceptors (Lipinski definition) is 1. The van der Waals surface area contributed by atoms with Crippen LogP contribution in [0.25, 0.3) is 0 Å². The van der Waals surface area contributed by atoms with Gasteiger partial charge in [0.15, 0.2) is 0 Å². The molecule has 1 unspecified atom stereocenters. The molecule has 1 fully saturated rings. The van der Waals surface area contributed by atoms with E-state index in [2.05, 4.69) is 39.9 Å². The molecule has 1 saturated carbocycles. The molecule has 1 atom stereocenters. The molecule has 1 rings (SSSR count). The topological polar surface area (TPSA) is 12.0 Å². The fourth-order valence-corrected chi connectivity index (χ4v) is 3.54. The minimum Gasteiger partial charge on any atom is -0.312 e. The molecular weight excluding hydrogens is 218 g/mol. The Morgan fingerprint density at radius 2 is 1.72 bits per heavy atom. The lowest BCUT2D eigenvalue weighted by molar-refractivity contribution is 0.127. The van der Waals surface area contributed by atoms with Gasteiger partial charge < -0.3 is 5.32 Å². The highest BCUT2D eigenvalue weighted by molar-refractivity contribution is 4.88. The Morgan fingerprint density at radius 3 is 2.22 bits per heavy atom. The van der Waals surface area contributed by atoms with Crippen molar-refractivity contribution in [1.29, 1.82) is 0 Å². The molecule has 0 amide bonds. The Balaban J connectivity index is 2.57. The summed E-state index contributed by atoms with van der Waals surface area (Å²) in [6.07, 6.45) is 11.4. The first-order valence-corrected chi connectivity index (χ1v) is 8.12.